The summed E-state index contributed by atoms with van der Waals surface area (Å²) in [7, 11) is 1.59. The monoisotopic (exact) mass is 251 g/mol. The number of ether oxygens (including phenoxy) is 1. The number of hydrogen-bond acceptors (Lipinski definition) is 2. The second kappa shape index (κ2) is 4.88. The number of nitrogens with two attached hydrogens (primary N) is 1. The molecule has 0 atom stereocenters. The first kappa shape index (κ1) is 13.3. The highest BCUT2D eigenvalue weighted by Crippen LogP contribution is 2.40. The van der Waals surface area contributed by atoms with Crippen LogP contribution >= 0.6 is 0 Å². The maximum absolute atomic E-state index is 14.2. The fourth-order valence-corrected chi connectivity index (χ4v) is 2.90. The highest BCUT2D eigenvalue weighted by molar-refractivity contribution is 5.43. The molecule has 0 heterocycles. The van der Waals surface area contributed by atoms with Crippen molar-refractivity contribution < 1.29 is 9.13 Å². The lowest BCUT2D eigenvalue weighted by molar-refractivity contribution is 0.394. The zero-order chi connectivity index (χ0) is 13.3. The summed E-state index contributed by atoms with van der Waals surface area (Å²) in [6.07, 6.45) is 4.09. The molecular formula is C15H22FNO. The number of benzene rings is 1. The smallest absolute Gasteiger partial charge is 0.130 e. The van der Waals surface area contributed by atoms with Crippen LogP contribution in [0.4, 0.5) is 4.39 Å². The van der Waals surface area contributed by atoms with Crippen molar-refractivity contribution in [1.29, 1.82) is 0 Å². The molecule has 1 aliphatic rings. The highest BCUT2D eigenvalue weighted by Gasteiger charge is 2.32. The standard InChI is InChI=1S/C15H22FNO/c1-10(2)14-12(16)8-11(9-13(14)18-3)15(17)6-4-5-7-15/h8-10H,4-7,17H2,1-3H3. The van der Waals surface area contributed by atoms with Crippen LogP contribution in [0.3, 0.4) is 0 Å². The molecule has 0 aliphatic heterocycles. The van der Waals surface area contributed by atoms with E-state index in [9.17, 15) is 4.39 Å². The topological polar surface area (TPSA) is 35.2 Å². The van der Waals surface area contributed by atoms with Crippen LogP contribution in [0, 0.1) is 5.82 Å². The average molecular weight is 251 g/mol. The van der Waals surface area contributed by atoms with Crippen LogP contribution in [0.2, 0.25) is 0 Å². The molecule has 1 aromatic carbocycles. The van der Waals surface area contributed by atoms with E-state index in [1.54, 1.807) is 13.2 Å². The Hall–Kier alpha value is -1.09. The molecule has 1 saturated carbocycles. The number of methoxy groups -OCH3 is 1. The Morgan fingerprint density at radius 2 is 1.89 bits per heavy atom. The number of halogens is 1. The first-order valence-corrected chi connectivity index (χ1v) is 6.65. The fraction of sp³-hybridized carbons (Fsp3) is 0.600. The van der Waals surface area contributed by atoms with E-state index in [4.69, 9.17) is 10.5 Å². The predicted octanol–water partition coefficient (Wildman–Crippen LogP) is 3.69. The molecule has 18 heavy (non-hydrogen) atoms. The Morgan fingerprint density at radius 3 is 2.39 bits per heavy atom. The van der Waals surface area contributed by atoms with Gasteiger partial charge in [-0.25, -0.2) is 4.39 Å². The normalized spacial score (nSPS) is 18.3. The van der Waals surface area contributed by atoms with E-state index in [1.807, 2.05) is 19.9 Å². The fourth-order valence-electron chi connectivity index (χ4n) is 2.90. The lowest BCUT2D eigenvalue weighted by Gasteiger charge is -2.26. The largest absolute Gasteiger partial charge is 0.496 e. The van der Waals surface area contributed by atoms with E-state index in [0.717, 1.165) is 31.2 Å². The third kappa shape index (κ3) is 2.24. The van der Waals surface area contributed by atoms with E-state index < -0.39 is 0 Å². The highest BCUT2D eigenvalue weighted by atomic mass is 19.1. The Balaban J connectivity index is 2.49. The van der Waals surface area contributed by atoms with E-state index in [2.05, 4.69) is 0 Å². The van der Waals surface area contributed by atoms with Gasteiger partial charge in [0.1, 0.15) is 11.6 Å². The molecule has 0 amide bonds. The van der Waals surface area contributed by atoms with Crippen LogP contribution in [0.15, 0.2) is 12.1 Å². The lowest BCUT2D eigenvalue weighted by Crippen LogP contribution is -2.33. The van der Waals surface area contributed by atoms with Gasteiger partial charge in [0.05, 0.1) is 7.11 Å². The molecule has 2 nitrogen and oxygen atoms in total. The van der Waals surface area contributed by atoms with Gasteiger partial charge in [-0.3, -0.25) is 0 Å². The SMILES string of the molecule is COc1cc(C2(N)CCCC2)cc(F)c1C(C)C. The summed E-state index contributed by atoms with van der Waals surface area (Å²) in [5.41, 5.74) is 7.52. The molecular weight excluding hydrogens is 229 g/mol. The quantitative estimate of drug-likeness (QED) is 0.889. The minimum atomic E-state index is -0.371. The molecule has 100 valence electrons. The molecule has 1 aliphatic carbocycles. The third-order valence-corrected chi connectivity index (χ3v) is 3.96. The molecule has 2 rings (SSSR count). The summed E-state index contributed by atoms with van der Waals surface area (Å²) in [5.74, 6) is 0.527. The van der Waals surface area contributed by atoms with Gasteiger partial charge in [0, 0.05) is 11.1 Å². The number of hydrogen-bond donors (Lipinski definition) is 1. The Morgan fingerprint density at radius 1 is 1.28 bits per heavy atom. The molecule has 0 saturated heterocycles. The zero-order valence-corrected chi connectivity index (χ0v) is 11.4. The first-order valence-electron chi connectivity index (χ1n) is 6.65. The van der Waals surface area contributed by atoms with Gasteiger partial charge < -0.3 is 10.5 Å². The van der Waals surface area contributed by atoms with E-state index in [1.165, 1.54) is 0 Å². The second-order valence-corrected chi connectivity index (χ2v) is 5.59. The molecule has 0 radical (unpaired) electrons. The summed E-state index contributed by atoms with van der Waals surface area (Å²) in [4.78, 5) is 0. The first-order chi connectivity index (χ1) is 8.48. The van der Waals surface area contributed by atoms with Crippen molar-refractivity contribution in [3.05, 3.63) is 29.1 Å². The summed E-state index contributed by atoms with van der Waals surface area (Å²) in [6, 6.07) is 3.52. The van der Waals surface area contributed by atoms with Gasteiger partial charge >= 0.3 is 0 Å². The summed E-state index contributed by atoms with van der Waals surface area (Å²) < 4.78 is 19.6. The van der Waals surface area contributed by atoms with Crippen LogP contribution in [-0.2, 0) is 5.54 Å². The van der Waals surface area contributed by atoms with Gasteiger partial charge in [-0.15, -0.1) is 0 Å². The van der Waals surface area contributed by atoms with Gasteiger partial charge in [-0.2, -0.15) is 0 Å². The van der Waals surface area contributed by atoms with Crippen molar-refractivity contribution in [3.63, 3.8) is 0 Å². The van der Waals surface area contributed by atoms with E-state index in [0.29, 0.717) is 11.3 Å². The Bertz CT molecular complexity index is 436. The maximum Gasteiger partial charge on any atom is 0.130 e. The second-order valence-electron chi connectivity index (χ2n) is 5.59. The van der Waals surface area contributed by atoms with Crippen molar-refractivity contribution in [2.24, 2.45) is 5.73 Å². The van der Waals surface area contributed by atoms with Gasteiger partial charge in [0.15, 0.2) is 0 Å². The van der Waals surface area contributed by atoms with Gasteiger partial charge in [0.2, 0.25) is 0 Å². The molecule has 0 spiro atoms. The Kier molecular flexibility index (Phi) is 3.62. The van der Waals surface area contributed by atoms with Crippen molar-refractivity contribution in [2.75, 3.05) is 7.11 Å². The van der Waals surface area contributed by atoms with Crippen molar-refractivity contribution in [3.8, 4) is 5.75 Å². The minimum Gasteiger partial charge on any atom is -0.496 e. The van der Waals surface area contributed by atoms with Crippen LogP contribution in [0.25, 0.3) is 0 Å². The molecule has 1 fully saturated rings. The molecule has 0 unspecified atom stereocenters. The van der Waals surface area contributed by atoms with Crippen molar-refractivity contribution in [1.82, 2.24) is 0 Å². The molecule has 2 N–H and O–H groups in total. The molecule has 0 aromatic heterocycles. The average Bonchev–Trinajstić information content (AvgIpc) is 2.75. The third-order valence-electron chi connectivity index (χ3n) is 3.96. The molecule has 0 bridgehead atoms. The predicted molar refractivity (Wildman–Crippen MR) is 71.4 cm³/mol. The van der Waals surface area contributed by atoms with Crippen molar-refractivity contribution in [2.45, 2.75) is 51.0 Å². The van der Waals surface area contributed by atoms with Gasteiger partial charge in [0.25, 0.3) is 0 Å². The van der Waals surface area contributed by atoms with Crippen LogP contribution in [-0.4, -0.2) is 7.11 Å². The summed E-state index contributed by atoms with van der Waals surface area (Å²) >= 11 is 0. The molecule has 3 heteroatoms. The van der Waals surface area contributed by atoms with E-state index >= 15 is 0 Å². The summed E-state index contributed by atoms with van der Waals surface area (Å²) in [5, 5.41) is 0. The lowest BCUT2D eigenvalue weighted by atomic mass is 9.87. The van der Waals surface area contributed by atoms with Gasteiger partial charge in [-0.1, -0.05) is 26.7 Å². The Labute approximate surface area is 108 Å². The maximum atomic E-state index is 14.2. The van der Waals surface area contributed by atoms with Crippen molar-refractivity contribution >= 4 is 0 Å². The number of rotatable bonds is 3. The summed E-state index contributed by atoms with van der Waals surface area (Å²) in [6.45, 7) is 3.93. The van der Waals surface area contributed by atoms with E-state index in [-0.39, 0.29) is 17.3 Å². The molecule has 1 aromatic rings. The minimum absolute atomic E-state index is 0.103. The van der Waals surface area contributed by atoms with Crippen LogP contribution in [0.5, 0.6) is 5.75 Å². The van der Waals surface area contributed by atoms with Crippen LogP contribution < -0.4 is 10.5 Å². The van der Waals surface area contributed by atoms with Gasteiger partial charge in [-0.05, 0) is 36.5 Å². The van der Waals surface area contributed by atoms with Crippen LogP contribution in [0.1, 0.15) is 56.6 Å². The zero-order valence-electron chi connectivity index (χ0n) is 11.4.